The predicted octanol–water partition coefficient (Wildman–Crippen LogP) is 1.02. The largest absolute Gasteiger partial charge is 0.339 e. The summed E-state index contributed by atoms with van der Waals surface area (Å²) in [4.78, 5) is 16.7. The van der Waals surface area contributed by atoms with E-state index < -0.39 is 0 Å². The third-order valence-electron chi connectivity index (χ3n) is 4.33. The van der Waals surface area contributed by atoms with Crippen LogP contribution in [0.4, 0.5) is 0 Å². The number of rotatable bonds is 4. The number of hydrogen-bond acceptors (Lipinski definition) is 4. The first kappa shape index (κ1) is 15.1. The molecule has 0 bridgehead atoms. The second-order valence-electron chi connectivity index (χ2n) is 5.64. The van der Waals surface area contributed by atoms with E-state index in [1.54, 1.807) is 0 Å². The summed E-state index contributed by atoms with van der Waals surface area (Å²) in [6.07, 6.45) is 3.54. The topological polar surface area (TPSA) is 35.6 Å². The number of nitrogens with zero attached hydrogens (tertiary/aromatic N) is 2. The maximum absolute atomic E-state index is 12.3. The average molecular weight is 285 g/mol. The van der Waals surface area contributed by atoms with Gasteiger partial charge in [-0.25, -0.2) is 0 Å². The lowest BCUT2D eigenvalue weighted by Crippen LogP contribution is -2.53. The van der Waals surface area contributed by atoms with Gasteiger partial charge in [-0.15, -0.1) is 11.8 Å². The number of carbonyl (C=O) groups excluding carboxylic acids is 1. The van der Waals surface area contributed by atoms with Crippen LogP contribution in [0.1, 0.15) is 26.2 Å². The molecule has 2 aliphatic heterocycles. The van der Waals surface area contributed by atoms with Gasteiger partial charge in [0, 0.05) is 30.9 Å². The van der Waals surface area contributed by atoms with Crippen LogP contribution < -0.4 is 5.32 Å². The molecule has 0 aliphatic carbocycles. The SMILES string of the molecule is CCC1CN(C(=O)CSC2CCNCC2)CCN1C. The first-order valence-corrected chi connectivity index (χ1v) is 8.56. The molecular formula is C14H27N3OS. The Balaban J connectivity index is 1.73. The minimum absolute atomic E-state index is 0.343. The monoisotopic (exact) mass is 285 g/mol. The van der Waals surface area contributed by atoms with Gasteiger partial charge in [0.25, 0.3) is 0 Å². The smallest absolute Gasteiger partial charge is 0.232 e. The molecule has 0 spiro atoms. The standard InChI is InChI=1S/C14H27N3OS/c1-3-12-10-17(9-8-16(12)2)14(18)11-19-13-4-6-15-7-5-13/h12-13,15H,3-11H2,1-2H3. The zero-order valence-electron chi connectivity index (χ0n) is 12.2. The Kier molecular flexibility index (Phi) is 5.98. The van der Waals surface area contributed by atoms with Crippen molar-refractivity contribution in [2.24, 2.45) is 0 Å². The van der Waals surface area contributed by atoms with E-state index in [1.165, 1.54) is 12.8 Å². The molecule has 4 nitrogen and oxygen atoms in total. The Labute approximate surface area is 121 Å². The third kappa shape index (κ3) is 4.36. The summed E-state index contributed by atoms with van der Waals surface area (Å²) in [6.45, 7) is 7.26. The van der Waals surface area contributed by atoms with E-state index in [1.807, 2.05) is 11.8 Å². The van der Waals surface area contributed by atoms with E-state index in [-0.39, 0.29) is 0 Å². The number of hydrogen-bond donors (Lipinski definition) is 1. The third-order valence-corrected chi connectivity index (χ3v) is 5.69. The summed E-state index contributed by atoms with van der Waals surface area (Å²) in [7, 11) is 2.17. The van der Waals surface area contributed by atoms with Crippen molar-refractivity contribution in [3.05, 3.63) is 0 Å². The lowest BCUT2D eigenvalue weighted by Gasteiger charge is -2.39. The van der Waals surface area contributed by atoms with Crippen LogP contribution in [0.5, 0.6) is 0 Å². The lowest BCUT2D eigenvalue weighted by molar-refractivity contribution is -0.131. The molecule has 0 aromatic carbocycles. The predicted molar refractivity (Wildman–Crippen MR) is 81.6 cm³/mol. The summed E-state index contributed by atoms with van der Waals surface area (Å²) in [6, 6.07) is 0.543. The molecule has 19 heavy (non-hydrogen) atoms. The summed E-state index contributed by atoms with van der Waals surface area (Å²) in [5, 5.41) is 4.05. The van der Waals surface area contributed by atoms with Crippen LogP contribution in [-0.2, 0) is 4.79 Å². The minimum atomic E-state index is 0.343. The molecule has 2 rings (SSSR count). The normalized spacial score (nSPS) is 26.6. The fourth-order valence-electron chi connectivity index (χ4n) is 2.86. The van der Waals surface area contributed by atoms with Crippen LogP contribution in [0, 0.1) is 0 Å². The lowest BCUT2D eigenvalue weighted by atomic mass is 10.1. The number of piperazine rings is 1. The molecule has 1 atom stereocenters. The van der Waals surface area contributed by atoms with Crippen LogP contribution in [0.3, 0.4) is 0 Å². The molecule has 2 saturated heterocycles. The Morgan fingerprint density at radius 1 is 1.32 bits per heavy atom. The van der Waals surface area contributed by atoms with Crippen LogP contribution in [0.2, 0.25) is 0 Å². The second kappa shape index (κ2) is 7.50. The maximum Gasteiger partial charge on any atom is 0.232 e. The van der Waals surface area contributed by atoms with Gasteiger partial charge in [-0.2, -0.15) is 0 Å². The van der Waals surface area contributed by atoms with Gasteiger partial charge in [-0.1, -0.05) is 6.92 Å². The fraction of sp³-hybridized carbons (Fsp3) is 0.929. The Morgan fingerprint density at radius 3 is 2.74 bits per heavy atom. The van der Waals surface area contributed by atoms with Crippen LogP contribution in [0.15, 0.2) is 0 Å². The molecule has 1 unspecified atom stereocenters. The number of likely N-dealkylation sites (N-methyl/N-ethyl adjacent to an activating group) is 1. The second-order valence-corrected chi connectivity index (χ2v) is 6.93. The van der Waals surface area contributed by atoms with Crippen molar-refractivity contribution in [3.63, 3.8) is 0 Å². The van der Waals surface area contributed by atoms with Gasteiger partial charge in [0.05, 0.1) is 5.75 Å². The molecule has 2 heterocycles. The molecule has 2 aliphatic rings. The molecule has 110 valence electrons. The zero-order valence-corrected chi connectivity index (χ0v) is 13.0. The van der Waals surface area contributed by atoms with E-state index in [0.29, 0.717) is 23.0 Å². The van der Waals surface area contributed by atoms with Crippen molar-refractivity contribution in [1.29, 1.82) is 0 Å². The van der Waals surface area contributed by atoms with Crippen molar-refractivity contribution in [2.75, 3.05) is 45.5 Å². The average Bonchev–Trinajstić information content (AvgIpc) is 2.46. The molecule has 2 fully saturated rings. The summed E-state index contributed by atoms with van der Waals surface area (Å²) >= 11 is 1.86. The van der Waals surface area contributed by atoms with Gasteiger partial charge in [0.15, 0.2) is 0 Å². The van der Waals surface area contributed by atoms with Gasteiger partial charge in [-0.05, 0) is 39.4 Å². The van der Waals surface area contributed by atoms with E-state index >= 15 is 0 Å². The van der Waals surface area contributed by atoms with Crippen molar-refractivity contribution in [2.45, 2.75) is 37.5 Å². The molecule has 1 amide bonds. The Hall–Kier alpha value is -0.260. The van der Waals surface area contributed by atoms with E-state index in [9.17, 15) is 4.79 Å². The highest BCUT2D eigenvalue weighted by Gasteiger charge is 2.26. The molecule has 5 heteroatoms. The highest BCUT2D eigenvalue weighted by molar-refractivity contribution is 8.00. The molecule has 0 saturated carbocycles. The maximum atomic E-state index is 12.3. The first-order chi connectivity index (χ1) is 9.20. The number of nitrogens with one attached hydrogen (secondary N) is 1. The van der Waals surface area contributed by atoms with Crippen LogP contribution in [-0.4, -0.2) is 72.5 Å². The number of piperidine rings is 1. The first-order valence-electron chi connectivity index (χ1n) is 7.51. The van der Waals surface area contributed by atoms with Gasteiger partial charge in [-0.3, -0.25) is 9.69 Å². The van der Waals surface area contributed by atoms with E-state index in [4.69, 9.17) is 0 Å². The molecule has 0 aromatic rings. The summed E-state index contributed by atoms with van der Waals surface area (Å²) < 4.78 is 0. The molecule has 0 radical (unpaired) electrons. The van der Waals surface area contributed by atoms with Crippen LogP contribution in [0.25, 0.3) is 0 Å². The van der Waals surface area contributed by atoms with Crippen molar-refractivity contribution in [3.8, 4) is 0 Å². The van der Waals surface area contributed by atoms with E-state index in [0.717, 1.165) is 39.1 Å². The van der Waals surface area contributed by atoms with E-state index in [2.05, 4.69) is 29.1 Å². The summed E-state index contributed by atoms with van der Waals surface area (Å²) in [5.41, 5.74) is 0. The number of thioether (sulfide) groups is 1. The van der Waals surface area contributed by atoms with Gasteiger partial charge < -0.3 is 10.2 Å². The molecular weight excluding hydrogens is 258 g/mol. The molecule has 0 aromatic heterocycles. The van der Waals surface area contributed by atoms with Gasteiger partial charge in [0.1, 0.15) is 0 Å². The number of carbonyl (C=O) groups is 1. The van der Waals surface area contributed by atoms with Crippen LogP contribution >= 0.6 is 11.8 Å². The van der Waals surface area contributed by atoms with Gasteiger partial charge >= 0.3 is 0 Å². The highest BCUT2D eigenvalue weighted by Crippen LogP contribution is 2.21. The highest BCUT2D eigenvalue weighted by atomic mass is 32.2. The summed E-state index contributed by atoms with van der Waals surface area (Å²) in [5.74, 6) is 1.01. The van der Waals surface area contributed by atoms with Crippen molar-refractivity contribution < 1.29 is 4.79 Å². The minimum Gasteiger partial charge on any atom is -0.339 e. The molecule has 1 N–H and O–H groups in total. The Morgan fingerprint density at radius 2 is 2.05 bits per heavy atom. The van der Waals surface area contributed by atoms with Crippen molar-refractivity contribution in [1.82, 2.24) is 15.1 Å². The van der Waals surface area contributed by atoms with Gasteiger partial charge in [0.2, 0.25) is 5.91 Å². The quantitative estimate of drug-likeness (QED) is 0.837. The van der Waals surface area contributed by atoms with Crippen molar-refractivity contribution >= 4 is 17.7 Å². The fourth-order valence-corrected chi connectivity index (χ4v) is 3.99. The number of amides is 1. The zero-order chi connectivity index (χ0) is 13.7. The Bertz CT molecular complexity index is 294.